The van der Waals surface area contributed by atoms with E-state index in [9.17, 15) is 14.7 Å². The van der Waals surface area contributed by atoms with E-state index in [0.29, 0.717) is 26.1 Å². The fraction of sp³-hybridized carbons (Fsp3) is 0.529. The fourth-order valence-electron chi connectivity index (χ4n) is 2.61. The topological polar surface area (TPSA) is 116 Å². The Bertz CT molecular complexity index is 637. The summed E-state index contributed by atoms with van der Waals surface area (Å²) in [5.74, 6) is -1.82. The highest BCUT2D eigenvalue weighted by Gasteiger charge is 2.32. The molecule has 7 nitrogen and oxygen atoms in total. The van der Waals surface area contributed by atoms with Gasteiger partial charge < -0.3 is 26.8 Å². The molecule has 0 saturated carbocycles. The summed E-state index contributed by atoms with van der Waals surface area (Å²) in [5.41, 5.74) is 6.27. The molecule has 1 aromatic carbocycles. The molecule has 30 heavy (non-hydrogen) atoms. The molecule has 0 aliphatic carbocycles. The van der Waals surface area contributed by atoms with Crippen molar-refractivity contribution in [3.05, 3.63) is 28.4 Å². The van der Waals surface area contributed by atoms with Gasteiger partial charge in [-0.05, 0) is 86.3 Å². The molecule has 0 aliphatic rings. The zero-order chi connectivity index (χ0) is 20.4. The molecule has 0 heterocycles. The van der Waals surface area contributed by atoms with E-state index in [0.717, 1.165) is 22.8 Å². The van der Waals surface area contributed by atoms with Crippen LogP contribution in [0.1, 0.15) is 24.9 Å². The summed E-state index contributed by atoms with van der Waals surface area (Å²) >= 11 is 6.64. The van der Waals surface area contributed by atoms with Crippen LogP contribution >= 0.6 is 105 Å². The summed E-state index contributed by atoms with van der Waals surface area (Å²) in [7, 11) is 0. The number of hydrogen-bond acceptors (Lipinski definition) is 5. The predicted molar refractivity (Wildman–Crippen MR) is 153 cm³/mol. The average Bonchev–Trinajstić information content (AvgIpc) is 2.57. The van der Waals surface area contributed by atoms with Crippen LogP contribution in [0.4, 0.5) is 0 Å². The van der Waals surface area contributed by atoms with Gasteiger partial charge in [-0.1, -0.05) is 6.92 Å². The lowest BCUT2D eigenvalue weighted by molar-refractivity contribution is -0.143. The number of carboxylic acids is 1. The predicted octanol–water partition coefficient (Wildman–Crippen LogP) is 3.17. The third-order valence-electron chi connectivity index (χ3n) is 3.92. The minimum Gasteiger partial charge on any atom is -0.481 e. The van der Waals surface area contributed by atoms with Crippen molar-refractivity contribution < 1.29 is 14.7 Å². The van der Waals surface area contributed by atoms with Crippen molar-refractivity contribution in [2.75, 3.05) is 32.7 Å². The van der Waals surface area contributed by atoms with Crippen molar-refractivity contribution in [3.63, 3.8) is 0 Å². The van der Waals surface area contributed by atoms with Gasteiger partial charge >= 0.3 is 5.97 Å². The second-order valence-electron chi connectivity index (χ2n) is 5.90. The summed E-state index contributed by atoms with van der Waals surface area (Å²) in [5, 5.41) is 18.8. The van der Waals surface area contributed by atoms with E-state index in [1.54, 1.807) is 0 Å². The SMILES string of the molecule is CCC(C(=O)O)C(NC(=O)CNCCNCCN)c1c(I)cc(I)cc1I.Cl.Cl.Cl. The maximum absolute atomic E-state index is 12.4. The Balaban J connectivity index is -0.00000243. The molecule has 0 spiro atoms. The molecule has 0 aliphatic heterocycles. The summed E-state index contributed by atoms with van der Waals surface area (Å²) in [6, 6.07) is 3.41. The maximum atomic E-state index is 12.4. The van der Waals surface area contributed by atoms with Crippen LogP contribution in [-0.2, 0) is 9.59 Å². The smallest absolute Gasteiger partial charge is 0.308 e. The Morgan fingerprint density at radius 1 is 1.03 bits per heavy atom. The quantitative estimate of drug-likeness (QED) is 0.164. The third kappa shape index (κ3) is 12.4. The van der Waals surface area contributed by atoms with E-state index in [2.05, 4.69) is 83.7 Å². The van der Waals surface area contributed by atoms with Crippen LogP contribution in [0, 0.1) is 16.6 Å². The Morgan fingerprint density at radius 3 is 2.03 bits per heavy atom. The average molecular weight is 824 g/mol. The molecule has 6 N–H and O–H groups in total. The van der Waals surface area contributed by atoms with Crippen LogP contribution in [0.25, 0.3) is 0 Å². The van der Waals surface area contributed by atoms with Gasteiger partial charge in [0.25, 0.3) is 0 Å². The Hall–Kier alpha value is 1.10. The molecular weight excluding hydrogens is 795 g/mol. The van der Waals surface area contributed by atoms with E-state index >= 15 is 0 Å². The Morgan fingerprint density at radius 2 is 1.57 bits per heavy atom. The van der Waals surface area contributed by atoms with Gasteiger partial charge in [0.05, 0.1) is 18.5 Å². The number of hydrogen-bond donors (Lipinski definition) is 5. The number of aliphatic carboxylic acids is 1. The monoisotopic (exact) mass is 822 g/mol. The van der Waals surface area contributed by atoms with Gasteiger partial charge in [-0.3, -0.25) is 9.59 Å². The van der Waals surface area contributed by atoms with E-state index in [-0.39, 0.29) is 49.7 Å². The normalized spacial score (nSPS) is 11.9. The summed E-state index contributed by atoms with van der Waals surface area (Å²) in [6.07, 6.45) is 0.425. The lowest BCUT2D eigenvalue weighted by atomic mass is 9.90. The summed E-state index contributed by atoms with van der Waals surface area (Å²) in [4.78, 5) is 24.2. The minimum absolute atomic E-state index is 0. The van der Waals surface area contributed by atoms with E-state index < -0.39 is 17.9 Å². The van der Waals surface area contributed by atoms with E-state index in [1.165, 1.54) is 0 Å². The largest absolute Gasteiger partial charge is 0.481 e. The zero-order valence-electron chi connectivity index (χ0n) is 16.3. The molecule has 2 unspecified atom stereocenters. The number of carbonyl (C=O) groups is 2. The van der Waals surface area contributed by atoms with Gasteiger partial charge in [0.2, 0.25) is 5.91 Å². The highest BCUT2D eigenvalue weighted by molar-refractivity contribution is 14.1. The van der Waals surface area contributed by atoms with Crippen LogP contribution in [-0.4, -0.2) is 49.7 Å². The lowest BCUT2D eigenvalue weighted by Crippen LogP contribution is -2.42. The van der Waals surface area contributed by atoms with Crippen LogP contribution < -0.4 is 21.7 Å². The minimum atomic E-state index is -0.910. The molecule has 13 heteroatoms. The number of carbonyl (C=O) groups excluding carboxylic acids is 1. The number of amides is 1. The second-order valence-corrected chi connectivity index (χ2v) is 9.47. The van der Waals surface area contributed by atoms with E-state index in [4.69, 9.17) is 5.73 Å². The molecule has 0 radical (unpaired) electrons. The van der Waals surface area contributed by atoms with Gasteiger partial charge in [0.1, 0.15) is 0 Å². The molecular formula is C17H28Cl3I3N4O3. The van der Waals surface area contributed by atoms with Gasteiger partial charge in [-0.2, -0.15) is 0 Å². The van der Waals surface area contributed by atoms with Crippen LogP contribution in [0.2, 0.25) is 0 Å². The highest BCUT2D eigenvalue weighted by Crippen LogP contribution is 2.33. The molecule has 176 valence electrons. The molecule has 0 saturated heterocycles. The Labute approximate surface area is 237 Å². The molecule has 0 fully saturated rings. The fourth-order valence-corrected chi connectivity index (χ4v) is 6.86. The molecule has 1 rings (SSSR count). The second kappa shape index (κ2) is 19.6. The molecule has 1 amide bonds. The van der Waals surface area contributed by atoms with Crippen molar-refractivity contribution >= 4 is 117 Å². The lowest BCUT2D eigenvalue weighted by Gasteiger charge is -2.27. The summed E-state index contributed by atoms with van der Waals surface area (Å²) in [6.45, 7) is 4.61. The van der Waals surface area contributed by atoms with Crippen LogP contribution in [0.5, 0.6) is 0 Å². The van der Waals surface area contributed by atoms with Crippen molar-refractivity contribution in [3.8, 4) is 0 Å². The van der Waals surface area contributed by atoms with Crippen LogP contribution in [0.15, 0.2) is 12.1 Å². The van der Waals surface area contributed by atoms with Crippen molar-refractivity contribution in [2.24, 2.45) is 11.7 Å². The first kappa shape index (κ1) is 35.7. The van der Waals surface area contributed by atoms with E-state index in [1.807, 2.05) is 19.1 Å². The first-order valence-corrected chi connectivity index (χ1v) is 11.8. The van der Waals surface area contributed by atoms with Crippen LogP contribution in [0.3, 0.4) is 0 Å². The Kier molecular flexibility index (Phi) is 23.3. The maximum Gasteiger partial charge on any atom is 0.308 e. The zero-order valence-corrected chi connectivity index (χ0v) is 25.2. The standard InChI is InChI=1S/C17H25I3N4O3.3ClH/c1-2-11(17(26)27)16(15-12(19)7-10(18)8-13(15)20)24-14(25)9-23-6-5-22-4-3-21;;;/h7-8,11,16,22-23H,2-6,9,21H2,1H3,(H,24,25)(H,26,27);3*1H. The number of nitrogens with two attached hydrogens (primary N) is 1. The highest BCUT2D eigenvalue weighted by atomic mass is 127. The number of halogens is 6. The van der Waals surface area contributed by atoms with Gasteiger partial charge in [0, 0.05) is 42.5 Å². The first-order valence-electron chi connectivity index (χ1n) is 8.59. The van der Waals surface area contributed by atoms with Gasteiger partial charge in [-0.25, -0.2) is 0 Å². The number of nitrogens with one attached hydrogen (secondary N) is 3. The molecule has 0 bridgehead atoms. The summed E-state index contributed by atoms with van der Waals surface area (Å²) < 4.78 is 2.98. The third-order valence-corrected chi connectivity index (χ3v) is 6.32. The number of benzene rings is 1. The van der Waals surface area contributed by atoms with Crippen molar-refractivity contribution in [2.45, 2.75) is 19.4 Å². The molecule has 1 aromatic rings. The molecule has 2 atom stereocenters. The van der Waals surface area contributed by atoms with Gasteiger partial charge in [-0.15, -0.1) is 37.2 Å². The van der Waals surface area contributed by atoms with Crippen molar-refractivity contribution in [1.82, 2.24) is 16.0 Å². The van der Waals surface area contributed by atoms with Crippen molar-refractivity contribution in [1.29, 1.82) is 0 Å². The van der Waals surface area contributed by atoms with Gasteiger partial charge in [0.15, 0.2) is 0 Å². The number of carboxylic acid groups (broad SMARTS) is 1. The first-order chi connectivity index (χ1) is 12.8. The molecule has 0 aromatic heterocycles. The number of rotatable bonds is 12.